The number of rotatable bonds is 2. The van der Waals surface area contributed by atoms with E-state index in [2.05, 4.69) is 31.3 Å². The van der Waals surface area contributed by atoms with Crippen LogP contribution in [-0.2, 0) is 4.79 Å². The monoisotopic (exact) mass is 218 g/mol. The Balaban J connectivity index is 2.36. The van der Waals surface area contributed by atoms with E-state index >= 15 is 0 Å². The van der Waals surface area contributed by atoms with Crippen molar-refractivity contribution in [3.63, 3.8) is 0 Å². The van der Waals surface area contributed by atoms with Crippen LogP contribution in [0.25, 0.3) is 0 Å². The van der Waals surface area contributed by atoms with Crippen LogP contribution in [0.3, 0.4) is 0 Å². The number of amides is 1. The maximum Gasteiger partial charge on any atom is 0.244 e. The Morgan fingerprint density at radius 3 is 2.44 bits per heavy atom. The maximum atomic E-state index is 12.1. The van der Waals surface area contributed by atoms with Gasteiger partial charge in [0, 0.05) is 12.2 Å². The van der Waals surface area contributed by atoms with Gasteiger partial charge in [-0.3, -0.25) is 4.79 Å². The van der Waals surface area contributed by atoms with Gasteiger partial charge in [0.1, 0.15) is 0 Å². The van der Waals surface area contributed by atoms with E-state index in [1.54, 1.807) is 0 Å². The number of anilines is 1. The number of likely N-dealkylation sites (N-methyl/N-ethyl adjacent to an activating group) is 1. The summed E-state index contributed by atoms with van der Waals surface area (Å²) in [5, 5.41) is 3.06. The van der Waals surface area contributed by atoms with Crippen LogP contribution in [0.5, 0.6) is 0 Å². The summed E-state index contributed by atoms with van der Waals surface area (Å²) in [5.74, 6) is 0.194. The summed E-state index contributed by atoms with van der Waals surface area (Å²) in [6.45, 7) is 4.93. The number of hydrogen-bond acceptors (Lipinski definition) is 2. The van der Waals surface area contributed by atoms with Crippen LogP contribution in [-0.4, -0.2) is 25.5 Å². The van der Waals surface area contributed by atoms with E-state index in [0.717, 1.165) is 18.7 Å². The second kappa shape index (κ2) is 4.26. The highest BCUT2D eigenvalue weighted by molar-refractivity contribution is 6.00. The molecule has 1 amide bonds. The Labute approximate surface area is 96.5 Å². The SMILES string of the molecule is CNC1CCN(c2c(C)cccc2C)C1=O. The van der Waals surface area contributed by atoms with Crippen molar-refractivity contribution in [3.05, 3.63) is 29.3 Å². The molecule has 0 aromatic heterocycles. The molecule has 1 N–H and O–H groups in total. The van der Waals surface area contributed by atoms with Crippen LogP contribution in [0, 0.1) is 13.8 Å². The fraction of sp³-hybridized carbons (Fsp3) is 0.462. The molecule has 86 valence electrons. The van der Waals surface area contributed by atoms with Gasteiger partial charge in [-0.05, 0) is 38.4 Å². The van der Waals surface area contributed by atoms with Gasteiger partial charge < -0.3 is 10.2 Å². The Morgan fingerprint density at radius 2 is 1.94 bits per heavy atom. The Morgan fingerprint density at radius 1 is 1.31 bits per heavy atom. The minimum atomic E-state index is -0.0148. The molecule has 1 aliphatic rings. The van der Waals surface area contributed by atoms with E-state index in [-0.39, 0.29) is 11.9 Å². The molecule has 16 heavy (non-hydrogen) atoms. The fourth-order valence-electron chi connectivity index (χ4n) is 2.40. The molecule has 3 heteroatoms. The molecule has 1 aromatic rings. The van der Waals surface area contributed by atoms with Crippen LogP contribution < -0.4 is 10.2 Å². The molecule has 1 saturated heterocycles. The third-order valence-electron chi connectivity index (χ3n) is 3.26. The Bertz CT molecular complexity index is 394. The molecule has 0 saturated carbocycles. The average Bonchev–Trinajstić information content (AvgIpc) is 2.60. The molecule has 1 unspecified atom stereocenters. The Kier molecular flexibility index (Phi) is 2.97. The summed E-state index contributed by atoms with van der Waals surface area (Å²) in [4.78, 5) is 14.0. The van der Waals surface area contributed by atoms with Gasteiger partial charge in [-0.15, -0.1) is 0 Å². The van der Waals surface area contributed by atoms with Gasteiger partial charge in [-0.2, -0.15) is 0 Å². The molecule has 1 aliphatic heterocycles. The number of carbonyl (C=O) groups excluding carboxylic acids is 1. The number of benzene rings is 1. The highest BCUT2D eigenvalue weighted by atomic mass is 16.2. The van der Waals surface area contributed by atoms with Crippen molar-refractivity contribution >= 4 is 11.6 Å². The van der Waals surface area contributed by atoms with Gasteiger partial charge in [0.25, 0.3) is 0 Å². The van der Waals surface area contributed by atoms with Gasteiger partial charge in [0.05, 0.1) is 6.04 Å². The minimum Gasteiger partial charge on any atom is -0.310 e. The quantitative estimate of drug-likeness (QED) is 0.818. The Hall–Kier alpha value is -1.35. The van der Waals surface area contributed by atoms with E-state index in [9.17, 15) is 4.79 Å². The van der Waals surface area contributed by atoms with E-state index in [0.29, 0.717) is 0 Å². The number of para-hydroxylation sites is 1. The summed E-state index contributed by atoms with van der Waals surface area (Å²) in [5.41, 5.74) is 3.43. The van der Waals surface area contributed by atoms with Crippen LogP contribution in [0.1, 0.15) is 17.5 Å². The lowest BCUT2D eigenvalue weighted by atomic mass is 10.1. The van der Waals surface area contributed by atoms with Crippen LogP contribution in [0.4, 0.5) is 5.69 Å². The molecule has 1 fully saturated rings. The lowest BCUT2D eigenvalue weighted by Crippen LogP contribution is -2.36. The first kappa shape index (κ1) is 11.1. The molecule has 0 bridgehead atoms. The largest absolute Gasteiger partial charge is 0.310 e. The van der Waals surface area contributed by atoms with Gasteiger partial charge in [0.2, 0.25) is 5.91 Å². The maximum absolute atomic E-state index is 12.1. The first-order valence-corrected chi connectivity index (χ1v) is 5.70. The number of nitrogens with one attached hydrogen (secondary N) is 1. The highest BCUT2D eigenvalue weighted by Crippen LogP contribution is 2.28. The first-order valence-electron chi connectivity index (χ1n) is 5.70. The lowest BCUT2D eigenvalue weighted by molar-refractivity contribution is -0.118. The third-order valence-corrected chi connectivity index (χ3v) is 3.26. The normalized spacial score (nSPS) is 20.6. The molecule has 2 rings (SSSR count). The zero-order chi connectivity index (χ0) is 11.7. The smallest absolute Gasteiger partial charge is 0.244 e. The molecule has 0 radical (unpaired) electrons. The van der Waals surface area contributed by atoms with Crippen LogP contribution in [0.15, 0.2) is 18.2 Å². The van der Waals surface area contributed by atoms with Gasteiger partial charge in [0.15, 0.2) is 0 Å². The average molecular weight is 218 g/mol. The summed E-state index contributed by atoms with van der Waals surface area (Å²) in [7, 11) is 1.84. The van der Waals surface area contributed by atoms with Gasteiger partial charge >= 0.3 is 0 Å². The van der Waals surface area contributed by atoms with E-state index in [4.69, 9.17) is 0 Å². The van der Waals surface area contributed by atoms with Crippen molar-refractivity contribution in [2.75, 3.05) is 18.5 Å². The highest BCUT2D eigenvalue weighted by Gasteiger charge is 2.32. The van der Waals surface area contributed by atoms with E-state index in [1.807, 2.05) is 18.0 Å². The lowest BCUT2D eigenvalue weighted by Gasteiger charge is -2.21. The number of carbonyl (C=O) groups is 1. The zero-order valence-electron chi connectivity index (χ0n) is 10.1. The molecular weight excluding hydrogens is 200 g/mol. The standard InChI is InChI=1S/C13H18N2O/c1-9-5-4-6-10(2)12(9)15-8-7-11(14-3)13(15)16/h4-6,11,14H,7-8H2,1-3H3. The van der Waals surface area contributed by atoms with Gasteiger partial charge in [-0.25, -0.2) is 0 Å². The second-order valence-corrected chi connectivity index (χ2v) is 4.36. The van der Waals surface area contributed by atoms with Crippen LogP contribution in [0.2, 0.25) is 0 Å². The van der Waals surface area contributed by atoms with Crippen molar-refractivity contribution in [2.24, 2.45) is 0 Å². The second-order valence-electron chi connectivity index (χ2n) is 4.36. The predicted octanol–water partition coefficient (Wildman–Crippen LogP) is 1.63. The summed E-state index contributed by atoms with van der Waals surface area (Å²) >= 11 is 0. The van der Waals surface area contributed by atoms with Crippen molar-refractivity contribution in [1.29, 1.82) is 0 Å². The molecule has 0 aliphatic carbocycles. The molecule has 3 nitrogen and oxygen atoms in total. The summed E-state index contributed by atoms with van der Waals surface area (Å²) < 4.78 is 0. The minimum absolute atomic E-state index is 0.0148. The van der Waals surface area contributed by atoms with E-state index < -0.39 is 0 Å². The molecule has 1 heterocycles. The summed E-state index contributed by atoms with van der Waals surface area (Å²) in [6, 6.07) is 6.13. The zero-order valence-corrected chi connectivity index (χ0v) is 10.1. The van der Waals surface area contributed by atoms with Crippen molar-refractivity contribution in [2.45, 2.75) is 26.3 Å². The van der Waals surface area contributed by atoms with Crippen molar-refractivity contribution in [1.82, 2.24) is 5.32 Å². The van der Waals surface area contributed by atoms with Gasteiger partial charge in [-0.1, -0.05) is 18.2 Å². The molecular formula is C13H18N2O. The predicted molar refractivity (Wildman–Crippen MR) is 65.7 cm³/mol. The molecule has 1 atom stereocenters. The fourth-order valence-corrected chi connectivity index (χ4v) is 2.40. The summed E-state index contributed by atoms with van der Waals surface area (Å²) in [6.07, 6.45) is 0.892. The van der Waals surface area contributed by atoms with Crippen molar-refractivity contribution in [3.8, 4) is 0 Å². The van der Waals surface area contributed by atoms with Crippen LogP contribution >= 0.6 is 0 Å². The number of nitrogens with zero attached hydrogens (tertiary/aromatic N) is 1. The molecule has 0 spiro atoms. The molecule has 1 aromatic carbocycles. The van der Waals surface area contributed by atoms with Crippen molar-refractivity contribution < 1.29 is 4.79 Å². The first-order chi connectivity index (χ1) is 7.65. The van der Waals surface area contributed by atoms with E-state index in [1.165, 1.54) is 11.1 Å². The number of aryl methyl sites for hydroxylation is 2. The number of hydrogen-bond donors (Lipinski definition) is 1. The topological polar surface area (TPSA) is 32.3 Å². The third kappa shape index (κ3) is 1.71.